The van der Waals surface area contributed by atoms with Gasteiger partial charge in [-0.15, -0.1) is 11.3 Å². The third-order valence-electron chi connectivity index (χ3n) is 3.78. The summed E-state index contributed by atoms with van der Waals surface area (Å²) in [6.07, 6.45) is 2.36. The van der Waals surface area contributed by atoms with Crippen LogP contribution in [0.4, 0.5) is 11.6 Å². The second-order valence-electron chi connectivity index (χ2n) is 5.58. The highest BCUT2D eigenvalue weighted by atomic mass is 35.5. The van der Waals surface area contributed by atoms with Crippen LogP contribution in [0, 0.1) is 6.92 Å². The highest BCUT2D eigenvalue weighted by molar-refractivity contribution is 7.19. The summed E-state index contributed by atoms with van der Waals surface area (Å²) >= 11 is 7.74. The van der Waals surface area contributed by atoms with E-state index < -0.39 is 0 Å². The highest BCUT2D eigenvalue weighted by Gasteiger charge is 2.23. The van der Waals surface area contributed by atoms with Crippen LogP contribution < -0.4 is 11.1 Å². The molecule has 1 saturated carbocycles. The van der Waals surface area contributed by atoms with Gasteiger partial charge in [-0.3, -0.25) is 0 Å². The van der Waals surface area contributed by atoms with Crippen LogP contribution in [0.3, 0.4) is 0 Å². The Balaban J connectivity index is 1.96. The number of nitrogens with one attached hydrogen (secondary N) is 1. The van der Waals surface area contributed by atoms with E-state index in [-0.39, 0.29) is 0 Å². The lowest BCUT2D eigenvalue weighted by Gasteiger charge is -2.08. The van der Waals surface area contributed by atoms with E-state index in [1.807, 2.05) is 31.2 Å². The minimum Gasteiger partial charge on any atom is -0.397 e. The molecule has 1 aromatic carbocycles. The Morgan fingerprint density at radius 2 is 2.14 bits per heavy atom. The summed E-state index contributed by atoms with van der Waals surface area (Å²) in [5, 5.41) is 4.98. The SMILES string of the molecule is Cc1sc2nc(NC3CC3)nc(-c3cccc(Cl)c3)c2c1N. The zero-order valence-electron chi connectivity index (χ0n) is 12.1. The fourth-order valence-electron chi connectivity index (χ4n) is 2.45. The van der Waals surface area contributed by atoms with Crippen molar-refractivity contribution in [3.8, 4) is 11.3 Å². The van der Waals surface area contributed by atoms with E-state index in [1.54, 1.807) is 11.3 Å². The van der Waals surface area contributed by atoms with Crippen molar-refractivity contribution in [2.75, 3.05) is 11.1 Å². The van der Waals surface area contributed by atoms with Crippen LogP contribution in [-0.2, 0) is 0 Å². The van der Waals surface area contributed by atoms with Crippen LogP contribution >= 0.6 is 22.9 Å². The lowest BCUT2D eigenvalue weighted by Crippen LogP contribution is -2.06. The molecule has 2 aromatic heterocycles. The molecular formula is C16H15ClN4S. The number of halogens is 1. The van der Waals surface area contributed by atoms with Gasteiger partial charge in [-0.25, -0.2) is 9.97 Å². The summed E-state index contributed by atoms with van der Waals surface area (Å²) < 4.78 is 0. The number of nitrogens with two attached hydrogens (primary N) is 1. The Bertz CT molecular complexity index is 870. The fourth-order valence-corrected chi connectivity index (χ4v) is 3.59. The third kappa shape index (κ3) is 2.40. The number of anilines is 2. The third-order valence-corrected chi connectivity index (χ3v) is 5.03. The Morgan fingerprint density at radius 1 is 1.32 bits per heavy atom. The first-order valence-electron chi connectivity index (χ1n) is 7.21. The van der Waals surface area contributed by atoms with Gasteiger partial charge in [0.05, 0.1) is 16.8 Å². The Labute approximate surface area is 137 Å². The fraction of sp³-hybridized carbons (Fsp3) is 0.250. The number of fused-ring (bicyclic) bond motifs is 1. The number of nitrogens with zero attached hydrogens (tertiary/aromatic N) is 2. The van der Waals surface area contributed by atoms with Crippen molar-refractivity contribution < 1.29 is 0 Å². The zero-order valence-corrected chi connectivity index (χ0v) is 13.6. The van der Waals surface area contributed by atoms with Gasteiger partial charge in [0.15, 0.2) is 0 Å². The maximum Gasteiger partial charge on any atom is 0.224 e. The molecule has 0 saturated heterocycles. The molecule has 1 fully saturated rings. The second-order valence-corrected chi connectivity index (χ2v) is 7.22. The van der Waals surface area contributed by atoms with Gasteiger partial charge in [-0.1, -0.05) is 23.7 Å². The van der Waals surface area contributed by atoms with Gasteiger partial charge in [0.1, 0.15) is 4.83 Å². The first-order chi connectivity index (χ1) is 10.6. The van der Waals surface area contributed by atoms with E-state index in [1.165, 1.54) is 12.8 Å². The van der Waals surface area contributed by atoms with Crippen molar-refractivity contribution in [2.45, 2.75) is 25.8 Å². The topological polar surface area (TPSA) is 63.8 Å². The second kappa shape index (κ2) is 5.11. The molecular weight excluding hydrogens is 316 g/mol. The maximum atomic E-state index is 6.26. The molecule has 6 heteroatoms. The molecule has 0 radical (unpaired) electrons. The molecule has 112 valence electrons. The molecule has 4 rings (SSSR count). The molecule has 2 heterocycles. The first-order valence-corrected chi connectivity index (χ1v) is 8.40. The first kappa shape index (κ1) is 13.8. The van der Waals surface area contributed by atoms with Gasteiger partial charge in [-0.2, -0.15) is 0 Å². The lowest BCUT2D eigenvalue weighted by atomic mass is 10.1. The van der Waals surface area contributed by atoms with Gasteiger partial charge in [0.25, 0.3) is 0 Å². The van der Waals surface area contributed by atoms with Crippen LogP contribution in [0.5, 0.6) is 0 Å². The Hall–Kier alpha value is -1.85. The molecule has 3 N–H and O–H groups in total. The molecule has 3 aromatic rings. The molecule has 22 heavy (non-hydrogen) atoms. The minimum absolute atomic E-state index is 0.503. The minimum atomic E-state index is 0.503. The van der Waals surface area contributed by atoms with Crippen molar-refractivity contribution in [3.05, 3.63) is 34.2 Å². The number of nitrogen functional groups attached to an aromatic ring is 1. The van der Waals surface area contributed by atoms with E-state index in [2.05, 4.69) is 10.3 Å². The largest absolute Gasteiger partial charge is 0.397 e. The number of hydrogen-bond donors (Lipinski definition) is 2. The molecule has 4 nitrogen and oxygen atoms in total. The van der Waals surface area contributed by atoms with E-state index >= 15 is 0 Å². The summed E-state index contributed by atoms with van der Waals surface area (Å²) in [4.78, 5) is 11.3. The molecule has 0 unspecified atom stereocenters. The average Bonchev–Trinajstić information content (AvgIpc) is 3.25. The van der Waals surface area contributed by atoms with Gasteiger partial charge >= 0.3 is 0 Å². The van der Waals surface area contributed by atoms with Crippen molar-refractivity contribution in [2.24, 2.45) is 0 Å². The molecule has 1 aliphatic carbocycles. The van der Waals surface area contributed by atoms with Crippen LogP contribution in [0.2, 0.25) is 5.02 Å². The van der Waals surface area contributed by atoms with Crippen LogP contribution in [0.15, 0.2) is 24.3 Å². The summed E-state index contributed by atoms with van der Waals surface area (Å²) in [5.41, 5.74) is 8.82. The number of benzene rings is 1. The van der Waals surface area contributed by atoms with E-state index in [0.717, 1.165) is 32.0 Å². The number of aryl methyl sites for hydroxylation is 1. The van der Waals surface area contributed by atoms with Gasteiger partial charge in [-0.05, 0) is 31.9 Å². The van der Waals surface area contributed by atoms with Gasteiger partial charge in [0, 0.05) is 21.5 Å². The Morgan fingerprint density at radius 3 is 2.86 bits per heavy atom. The highest BCUT2D eigenvalue weighted by Crippen LogP contribution is 2.39. The van der Waals surface area contributed by atoms with Crippen LogP contribution in [0.1, 0.15) is 17.7 Å². The molecule has 0 spiro atoms. The lowest BCUT2D eigenvalue weighted by molar-refractivity contribution is 1.08. The quantitative estimate of drug-likeness (QED) is 0.743. The summed E-state index contributed by atoms with van der Waals surface area (Å²) in [6.45, 7) is 2.01. The number of aromatic nitrogens is 2. The van der Waals surface area contributed by atoms with Crippen molar-refractivity contribution >= 4 is 44.8 Å². The standard InChI is InChI=1S/C16H15ClN4S/c1-8-13(18)12-14(9-3-2-4-10(17)7-9)20-16(19-11-5-6-11)21-15(12)22-8/h2-4,7,11H,5-6,18H2,1H3,(H,19,20,21). The summed E-state index contributed by atoms with van der Waals surface area (Å²) in [7, 11) is 0. The number of rotatable bonds is 3. The van der Waals surface area contributed by atoms with Crippen LogP contribution in [0.25, 0.3) is 21.5 Å². The Kier molecular flexibility index (Phi) is 3.20. The van der Waals surface area contributed by atoms with Crippen molar-refractivity contribution in [1.29, 1.82) is 0 Å². The number of hydrogen-bond acceptors (Lipinski definition) is 5. The number of thiophene rings is 1. The smallest absolute Gasteiger partial charge is 0.224 e. The monoisotopic (exact) mass is 330 g/mol. The summed E-state index contributed by atoms with van der Waals surface area (Å²) in [5.74, 6) is 0.672. The van der Waals surface area contributed by atoms with E-state index in [0.29, 0.717) is 17.0 Å². The molecule has 0 bridgehead atoms. The molecule has 0 amide bonds. The van der Waals surface area contributed by atoms with Crippen molar-refractivity contribution in [3.63, 3.8) is 0 Å². The van der Waals surface area contributed by atoms with E-state index in [4.69, 9.17) is 22.3 Å². The molecule has 0 atom stereocenters. The van der Waals surface area contributed by atoms with Gasteiger partial charge < -0.3 is 11.1 Å². The predicted octanol–water partition coefficient (Wildman–Crippen LogP) is 4.48. The van der Waals surface area contributed by atoms with Gasteiger partial charge in [0.2, 0.25) is 5.95 Å². The maximum absolute atomic E-state index is 6.26. The zero-order chi connectivity index (χ0) is 15.3. The normalized spacial score (nSPS) is 14.5. The molecule has 1 aliphatic rings. The van der Waals surface area contributed by atoms with Crippen molar-refractivity contribution in [1.82, 2.24) is 9.97 Å². The predicted molar refractivity (Wildman–Crippen MR) is 93.7 cm³/mol. The summed E-state index contributed by atoms with van der Waals surface area (Å²) in [6, 6.07) is 8.20. The average molecular weight is 331 g/mol. The van der Waals surface area contributed by atoms with E-state index in [9.17, 15) is 0 Å². The molecule has 0 aliphatic heterocycles. The van der Waals surface area contributed by atoms with Crippen LogP contribution in [-0.4, -0.2) is 16.0 Å².